The van der Waals surface area contributed by atoms with Gasteiger partial charge in [-0.1, -0.05) is 28.1 Å². The zero-order valence-corrected chi connectivity index (χ0v) is 11.2. The van der Waals surface area contributed by atoms with Crippen molar-refractivity contribution in [2.24, 2.45) is 0 Å². The summed E-state index contributed by atoms with van der Waals surface area (Å²) in [6, 6.07) is 10.5. The van der Waals surface area contributed by atoms with E-state index in [2.05, 4.69) is 56.5 Å². The molecule has 0 saturated carbocycles. The van der Waals surface area contributed by atoms with Crippen LogP contribution >= 0.6 is 15.9 Å². The summed E-state index contributed by atoms with van der Waals surface area (Å²) in [4.78, 5) is 7.88. The van der Waals surface area contributed by atoms with Gasteiger partial charge in [0.05, 0.1) is 0 Å². The van der Waals surface area contributed by atoms with Crippen molar-refractivity contribution in [3.8, 4) is 0 Å². The van der Waals surface area contributed by atoms with Gasteiger partial charge < -0.3 is 0 Å². The highest BCUT2D eigenvalue weighted by Crippen LogP contribution is 2.13. The fourth-order valence-corrected chi connectivity index (χ4v) is 1.98. The molecule has 0 aliphatic carbocycles. The van der Waals surface area contributed by atoms with Crippen molar-refractivity contribution in [2.45, 2.75) is 25.7 Å². The van der Waals surface area contributed by atoms with Crippen molar-refractivity contribution >= 4 is 15.9 Å². The van der Waals surface area contributed by atoms with Crippen LogP contribution in [0, 0.1) is 6.33 Å². The van der Waals surface area contributed by atoms with E-state index in [0.29, 0.717) is 0 Å². The molecular weight excluding hydrogens is 276 g/mol. The highest BCUT2D eigenvalue weighted by Gasteiger charge is 1.96. The number of aryl methyl sites for hydroxylation is 2. The summed E-state index contributed by atoms with van der Waals surface area (Å²) < 4.78 is 1.14. The molecule has 2 nitrogen and oxygen atoms in total. The average Bonchev–Trinajstić information content (AvgIpc) is 2.38. The van der Waals surface area contributed by atoms with Gasteiger partial charge in [0, 0.05) is 16.4 Å². The molecule has 87 valence electrons. The molecule has 0 amide bonds. The Balaban J connectivity index is 1.71. The third-order valence-corrected chi connectivity index (χ3v) is 3.18. The Labute approximate surface area is 110 Å². The van der Waals surface area contributed by atoms with Crippen LogP contribution in [0.3, 0.4) is 0 Å². The Kier molecular flexibility index (Phi) is 4.68. The fraction of sp³-hybridized carbons (Fsp3) is 0.286. The minimum atomic E-state index is 1.01. The second-order valence-corrected chi connectivity index (χ2v) is 4.90. The zero-order valence-electron chi connectivity index (χ0n) is 9.56. The van der Waals surface area contributed by atoms with Gasteiger partial charge in [-0.15, -0.1) is 0 Å². The highest BCUT2D eigenvalue weighted by atomic mass is 79.9. The fourth-order valence-electron chi connectivity index (χ4n) is 1.71. The van der Waals surface area contributed by atoms with Crippen LogP contribution in [0.15, 0.2) is 41.0 Å². The molecule has 0 bridgehead atoms. The molecule has 1 heterocycles. The maximum Gasteiger partial charge on any atom is 0.197 e. The van der Waals surface area contributed by atoms with E-state index in [1.807, 2.05) is 6.07 Å². The summed E-state index contributed by atoms with van der Waals surface area (Å²) in [6.07, 6.45) is 8.84. The smallest absolute Gasteiger partial charge is 0.197 e. The van der Waals surface area contributed by atoms with E-state index >= 15 is 0 Å². The van der Waals surface area contributed by atoms with Gasteiger partial charge in [0.1, 0.15) is 0 Å². The lowest BCUT2D eigenvalue weighted by molar-refractivity contribution is 0.720. The molecule has 0 N–H and O–H groups in total. The van der Waals surface area contributed by atoms with Crippen LogP contribution in [0.4, 0.5) is 0 Å². The lowest BCUT2D eigenvalue weighted by Crippen LogP contribution is -1.92. The SMILES string of the molecule is Brc1ccc(CCCCc2ccn[c]n2)cc1. The molecule has 0 spiro atoms. The number of halogens is 1. The number of unbranched alkanes of at least 4 members (excludes halogenated alkanes) is 1. The normalized spacial score (nSPS) is 10.4. The highest BCUT2D eigenvalue weighted by molar-refractivity contribution is 9.10. The standard InChI is InChI=1S/C14H14BrN2/c15-13-7-5-12(6-8-13)3-1-2-4-14-9-10-16-11-17-14/h5-10H,1-4H2. The molecule has 1 aromatic carbocycles. The monoisotopic (exact) mass is 289 g/mol. The van der Waals surface area contributed by atoms with E-state index in [4.69, 9.17) is 0 Å². The van der Waals surface area contributed by atoms with Crippen LogP contribution in [0.25, 0.3) is 0 Å². The quantitative estimate of drug-likeness (QED) is 0.786. The molecule has 0 atom stereocenters. The number of hydrogen-bond donors (Lipinski definition) is 0. The zero-order chi connectivity index (χ0) is 11.9. The Hall–Kier alpha value is -1.22. The molecule has 1 radical (unpaired) electrons. The Morgan fingerprint density at radius 1 is 1.00 bits per heavy atom. The Bertz CT molecular complexity index is 440. The van der Waals surface area contributed by atoms with E-state index in [1.54, 1.807) is 6.20 Å². The van der Waals surface area contributed by atoms with Crippen molar-refractivity contribution in [3.63, 3.8) is 0 Å². The Morgan fingerprint density at radius 3 is 2.47 bits per heavy atom. The van der Waals surface area contributed by atoms with E-state index in [9.17, 15) is 0 Å². The maximum absolute atomic E-state index is 4.09. The van der Waals surface area contributed by atoms with Gasteiger partial charge in [0.2, 0.25) is 0 Å². The number of benzene rings is 1. The van der Waals surface area contributed by atoms with Crippen molar-refractivity contribution in [2.75, 3.05) is 0 Å². The van der Waals surface area contributed by atoms with E-state index in [-0.39, 0.29) is 0 Å². The Morgan fingerprint density at radius 2 is 1.76 bits per heavy atom. The van der Waals surface area contributed by atoms with E-state index in [0.717, 1.165) is 29.4 Å². The van der Waals surface area contributed by atoms with Gasteiger partial charge in [-0.25, -0.2) is 9.97 Å². The minimum absolute atomic E-state index is 1.01. The van der Waals surface area contributed by atoms with Gasteiger partial charge in [-0.05, 0) is 49.4 Å². The van der Waals surface area contributed by atoms with E-state index < -0.39 is 0 Å². The average molecular weight is 290 g/mol. The van der Waals surface area contributed by atoms with Crippen LogP contribution in [-0.4, -0.2) is 9.97 Å². The molecule has 0 saturated heterocycles. The summed E-state index contributed by atoms with van der Waals surface area (Å²) >= 11 is 3.44. The molecule has 2 aromatic rings. The summed E-state index contributed by atoms with van der Waals surface area (Å²) in [5.41, 5.74) is 2.47. The van der Waals surface area contributed by atoms with Crippen LogP contribution < -0.4 is 0 Å². The largest absolute Gasteiger partial charge is 0.234 e. The van der Waals surface area contributed by atoms with Gasteiger partial charge in [-0.2, -0.15) is 0 Å². The summed E-state index contributed by atoms with van der Waals surface area (Å²) in [6.45, 7) is 0. The van der Waals surface area contributed by atoms with Gasteiger partial charge >= 0.3 is 0 Å². The van der Waals surface area contributed by atoms with E-state index in [1.165, 1.54) is 12.0 Å². The number of aromatic nitrogens is 2. The predicted molar refractivity (Wildman–Crippen MR) is 71.7 cm³/mol. The second kappa shape index (κ2) is 6.50. The molecule has 0 unspecified atom stereocenters. The first-order chi connectivity index (χ1) is 8.34. The van der Waals surface area contributed by atoms with Crippen LogP contribution in [0.2, 0.25) is 0 Å². The molecule has 0 aliphatic heterocycles. The molecule has 3 heteroatoms. The topological polar surface area (TPSA) is 25.8 Å². The van der Waals surface area contributed by atoms with Crippen LogP contribution in [-0.2, 0) is 12.8 Å². The van der Waals surface area contributed by atoms with Crippen LogP contribution in [0.1, 0.15) is 24.1 Å². The second-order valence-electron chi connectivity index (χ2n) is 3.98. The third-order valence-electron chi connectivity index (χ3n) is 2.65. The summed E-state index contributed by atoms with van der Waals surface area (Å²) in [5, 5.41) is 0. The molecule has 0 aliphatic rings. The third kappa shape index (κ3) is 4.27. The molecule has 1 aromatic heterocycles. The van der Waals surface area contributed by atoms with Crippen molar-refractivity contribution in [3.05, 3.63) is 58.6 Å². The van der Waals surface area contributed by atoms with Crippen molar-refractivity contribution < 1.29 is 0 Å². The first kappa shape index (κ1) is 12.2. The summed E-state index contributed by atoms with van der Waals surface area (Å²) in [5.74, 6) is 0. The number of rotatable bonds is 5. The predicted octanol–water partition coefficient (Wildman–Crippen LogP) is 3.60. The van der Waals surface area contributed by atoms with Gasteiger partial charge in [0.15, 0.2) is 6.33 Å². The number of hydrogen-bond acceptors (Lipinski definition) is 2. The van der Waals surface area contributed by atoms with Gasteiger partial charge in [0.25, 0.3) is 0 Å². The van der Waals surface area contributed by atoms with Crippen molar-refractivity contribution in [1.29, 1.82) is 0 Å². The first-order valence-electron chi connectivity index (χ1n) is 5.77. The lowest BCUT2D eigenvalue weighted by atomic mass is 10.1. The lowest BCUT2D eigenvalue weighted by Gasteiger charge is -2.02. The molecule has 2 rings (SSSR count). The summed E-state index contributed by atoms with van der Waals surface area (Å²) in [7, 11) is 0. The minimum Gasteiger partial charge on any atom is -0.234 e. The molecular formula is C14H14BrN2. The van der Waals surface area contributed by atoms with Gasteiger partial charge in [-0.3, -0.25) is 0 Å². The van der Waals surface area contributed by atoms with Crippen molar-refractivity contribution in [1.82, 2.24) is 9.97 Å². The number of nitrogens with zero attached hydrogens (tertiary/aromatic N) is 2. The maximum atomic E-state index is 4.09. The molecule has 17 heavy (non-hydrogen) atoms. The first-order valence-corrected chi connectivity index (χ1v) is 6.56. The van der Waals surface area contributed by atoms with Crippen LogP contribution in [0.5, 0.6) is 0 Å². The molecule has 0 fully saturated rings.